The molecule has 2 aliphatic rings. The molecule has 164 valence electrons. The monoisotopic (exact) mass is 438 g/mol. The molecule has 6 nitrogen and oxygen atoms in total. The number of carbonyl (C=O) groups excluding carboxylic acids is 1. The first kappa shape index (κ1) is 21.4. The molecule has 1 heterocycles. The minimum Gasteiger partial charge on any atom is -0.496 e. The quantitative estimate of drug-likeness (QED) is 0.745. The number of hydrogen-bond donors (Lipinski definition) is 1. The van der Waals surface area contributed by atoms with Crippen LogP contribution in [0.1, 0.15) is 36.3 Å². The first-order valence-electron chi connectivity index (χ1n) is 10.0. The van der Waals surface area contributed by atoms with Crippen molar-refractivity contribution in [2.45, 2.75) is 31.8 Å². The first-order valence-corrected chi connectivity index (χ1v) is 10.0. The van der Waals surface area contributed by atoms with E-state index < -0.39 is 17.6 Å². The Morgan fingerprint density at radius 3 is 2.69 bits per heavy atom. The molecule has 0 saturated carbocycles. The van der Waals surface area contributed by atoms with Crippen LogP contribution in [0.25, 0.3) is 0 Å². The van der Waals surface area contributed by atoms with E-state index in [1.807, 2.05) is 0 Å². The maximum absolute atomic E-state index is 14.0. The summed E-state index contributed by atoms with van der Waals surface area (Å²) < 4.78 is 43.6. The Hall–Kier alpha value is -3.86. The van der Waals surface area contributed by atoms with Crippen molar-refractivity contribution in [3.8, 4) is 17.6 Å². The Kier molecular flexibility index (Phi) is 5.82. The summed E-state index contributed by atoms with van der Waals surface area (Å²) in [5, 5.41) is 9.72. The predicted octanol–water partition coefficient (Wildman–Crippen LogP) is 4.37. The minimum atomic E-state index is -0.824. The standard InChI is InChI=1S/C24H20F2N2O4/c1-30-19-7-5-13(9-14(19)12-31-20-8-6-15(25)10-17(20)26)22-16(11-27)24(28)32-21-4-2-3-18(29)23(21)22/h5-10,22H,2-4,12,28H2,1H3/t22-/m1/s1. The molecule has 1 atom stereocenters. The smallest absolute Gasteiger partial charge is 0.205 e. The third kappa shape index (κ3) is 3.89. The molecule has 0 spiro atoms. The molecular weight excluding hydrogens is 418 g/mol. The molecule has 2 N–H and O–H groups in total. The van der Waals surface area contributed by atoms with Crippen LogP contribution in [0.4, 0.5) is 8.78 Å². The number of hydrogen-bond acceptors (Lipinski definition) is 6. The number of allylic oxidation sites excluding steroid dienone is 3. The van der Waals surface area contributed by atoms with Crippen LogP contribution in [0, 0.1) is 23.0 Å². The molecule has 0 saturated heterocycles. The molecule has 2 aromatic rings. The Bertz CT molecular complexity index is 1200. The first-order chi connectivity index (χ1) is 15.4. The summed E-state index contributed by atoms with van der Waals surface area (Å²) in [6, 6.07) is 10.3. The van der Waals surface area contributed by atoms with E-state index in [2.05, 4.69) is 6.07 Å². The van der Waals surface area contributed by atoms with Gasteiger partial charge in [0.1, 0.15) is 35.6 Å². The molecule has 0 fully saturated rings. The molecule has 32 heavy (non-hydrogen) atoms. The SMILES string of the molecule is COc1ccc([C@@H]2C(C#N)=C(N)OC3=C2C(=O)CCC3)cc1COc1ccc(F)cc1F. The third-order valence-corrected chi connectivity index (χ3v) is 5.52. The van der Waals surface area contributed by atoms with Crippen molar-refractivity contribution in [3.05, 3.63) is 81.9 Å². The number of methoxy groups -OCH3 is 1. The highest BCUT2D eigenvalue weighted by molar-refractivity contribution is 5.99. The summed E-state index contributed by atoms with van der Waals surface area (Å²) in [7, 11) is 1.48. The highest BCUT2D eigenvalue weighted by Crippen LogP contribution is 2.44. The van der Waals surface area contributed by atoms with Crippen LogP contribution >= 0.6 is 0 Å². The topological polar surface area (TPSA) is 94.6 Å². The third-order valence-electron chi connectivity index (χ3n) is 5.52. The Morgan fingerprint density at radius 2 is 1.97 bits per heavy atom. The number of halogens is 2. The van der Waals surface area contributed by atoms with Crippen molar-refractivity contribution < 1.29 is 27.8 Å². The maximum Gasteiger partial charge on any atom is 0.205 e. The average Bonchev–Trinajstić information content (AvgIpc) is 2.77. The van der Waals surface area contributed by atoms with E-state index in [1.165, 1.54) is 13.2 Å². The molecule has 0 unspecified atom stereocenters. The van der Waals surface area contributed by atoms with Gasteiger partial charge in [0.25, 0.3) is 0 Å². The van der Waals surface area contributed by atoms with Crippen molar-refractivity contribution in [2.24, 2.45) is 5.73 Å². The molecule has 1 aliphatic heterocycles. The van der Waals surface area contributed by atoms with Crippen LogP contribution in [0.2, 0.25) is 0 Å². The molecule has 0 bridgehead atoms. The maximum atomic E-state index is 14.0. The van der Waals surface area contributed by atoms with Gasteiger partial charge in [-0.25, -0.2) is 8.78 Å². The lowest BCUT2D eigenvalue weighted by Gasteiger charge is -2.31. The summed E-state index contributed by atoms with van der Waals surface area (Å²) in [5.74, 6) is -1.46. The van der Waals surface area contributed by atoms with Gasteiger partial charge >= 0.3 is 0 Å². The number of Topliss-reactive ketones (excluding diaryl/α,β-unsaturated/α-hetero) is 1. The van der Waals surface area contributed by atoms with E-state index in [-0.39, 0.29) is 29.6 Å². The second kappa shape index (κ2) is 8.71. The lowest BCUT2D eigenvalue weighted by Crippen LogP contribution is -2.27. The highest BCUT2D eigenvalue weighted by atomic mass is 19.1. The van der Waals surface area contributed by atoms with Crippen LogP contribution < -0.4 is 15.2 Å². The highest BCUT2D eigenvalue weighted by Gasteiger charge is 2.38. The van der Waals surface area contributed by atoms with Gasteiger partial charge in [0.15, 0.2) is 17.3 Å². The minimum absolute atomic E-state index is 0.0204. The van der Waals surface area contributed by atoms with E-state index >= 15 is 0 Å². The number of benzene rings is 2. The lowest BCUT2D eigenvalue weighted by atomic mass is 9.77. The zero-order valence-electron chi connectivity index (χ0n) is 17.3. The van der Waals surface area contributed by atoms with Crippen molar-refractivity contribution in [1.82, 2.24) is 0 Å². The van der Waals surface area contributed by atoms with Crippen LogP contribution in [0.3, 0.4) is 0 Å². The Balaban J connectivity index is 1.73. The molecule has 8 heteroatoms. The molecule has 4 rings (SSSR count). The number of ether oxygens (including phenoxy) is 3. The number of nitrogens with zero attached hydrogens (tertiary/aromatic N) is 1. The van der Waals surface area contributed by atoms with Crippen LogP contribution in [0.15, 0.2) is 59.2 Å². The van der Waals surface area contributed by atoms with Gasteiger partial charge in [-0.05, 0) is 36.2 Å². The van der Waals surface area contributed by atoms with Gasteiger partial charge in [0.2, 0.25) is 5.88 Å². The number of nitrogens with two attached hydrogens (primary N) is 1. The number of ketones is 1. The normalized spacial score (nSPS) is 18.1. The summed E-state index contributed by atoms with van der Waals surface area (Å²) in [4.78, 5) is 12.7. The Morgan fingerprint density at radius 1 is 1.19 bits per heavy atom. The van der Waals surface area contributed by atoms with Gasteiger partial charge < -0.3 is 19.9 Å². The number of nitriles is 1. The van der Waals surface area contributed by atoms with Crippen molar-refractivity contribution in [3.63, 3.8) is 0 Å². The fraction of sp³-hybridized carbons (Fsp3) is 0.250. The molecule has 1 aliphatic carbocycles. The van der Waals surface area contributed by atoms with Gasteiger partial charge in [-0.15, -0.1) is 0 Å². The second-order valence-electron chi connectivity index (χ2n) is 7.47. The van der Waals surface area contributed by atoms with E-state index in [4.69, 9.17) is 19.9 Å². The number of carbonyl (C=O) groups is 1. The average molecular weight is 438 g/mol. The molecule has 2 aromatic carbocycles. The number of rotatable bonds is 5. The van der Waals surface area contributed by atoms with Gasteiger partial charge in [-0.2, -0.15) is 5.26 Å². The molecule has 0 aromatic heterocycles. The van der Waals surface area contributed by atoms with Crippen molar-refractivity contribution >= 4 is 5.78 Å². The van der Waals surface area contributed by atoms with E-state index in [1.54, 1.807) is 18.2 Å². The van der Waals surface area contributed by atoms with Crippen molar-refractivity contribution in [1.29, 1.82) is 5.26 Å². The fourth-order valence-electron chi connectivity index (χ4n) is 4.03. The Labute approximate surface area is 183 Å². The summed E-state index contributed by atoms with van der Waals surface area (Å²) in [6.07, 6.45) is 1.59. The zero-order chi connectivity index (χ0) is 22.8. The molecular formula is C24H20F2N2O4. The molecule has 0 amide bonds. The summed E-state index contributed by atoms with van der Waals surface area (Å²) in [5.41, 5.74) is 7.77. The lowest BCUT2D eigenvalue weighted by molar-refractivity contribution is -0.116. The summed E-state index contributed by atoms with van der Waals surface area (Å²) in [6.45, 7) is -0.0796. The van der Waals surface area contributed by atoms with E-state index in [0.29, 0.717) is 47.5 Å². The van der Waals surface area contributed by atoms with E-state index in [0.717, 1.165) is 12.1 Å². The summed E-state index contributed by atoms with van der Waals surface area (Å²) >= 11 is 0. The predicted molar refractivity (Wildman–Crippen MR) is 110 cm³/mol. The second-order valence-corrected chi connectivity index (χ2v) is 7.47. The van der Waals surface area contributed by atoms with Gasteiger partial charge in [-0.1, -0.05) is 6.07 Å². The van der Waals surface area contributed by atoms with Crippen LogP contribution in [0.5, 0.6) is 11.5 Å². The van der Waals surface area contributed by atoms with Gasteiger partial charge in [-0.3, -0.25) is 4.79 Å². The van der Waals surface area contributed by atoms with Crippen LogP contribution in [-0.4, -0.2) is 12.9 Å². The zero-order valence-corrected chi connectivity index (χ0v) is 17.3. The van der Waals surface area contributed by atoms with Gasteiger partial charge in [0.05, 0.1) is 13.0 Å². The van der Waals surface area contributed by atoms with Gasteiger partial charge in [0, 0.05) is 30.0 Å². The van der Waals surface area contributed by atoms with Crippen molar-refractivity contribution in [2.75, 3.05) is 7.11 Å². The fourth-order valence-corrected chi connectivity index (χ4v) is 4.03. The van der Waals surface area contributed by atoms with Crippen LogP contribution in [-0.2, 0) is 16.1 Å². The largest absolute Gasteiger partial charge is 0.496 e. The van der Waals surface area contributed by atoms with E-state index in [9.17, 15) is 18.8 Å². The molecule has 0 radical (unpaired) electrons.